The molecule has 1 aromatic heterocycles. The lowest BCUT2D eigenvalue weighted by atomic mass is 10.0. The van der Waals surface area contributed by atoms with Crippen molar-refractivity contribution in [1.29, 1.82) is 0 Å². The molecule has 0 radical (unpaired) electrons. The van der Waals surface area contributed by atoms with E-state index in [-0.39, 0.29) is 11.9 Å². The van der Waals surface area contributed by atoms with Crippen LogP contribution in [0.5, 0.6) is 5.75 Å². The third kappa shape index (κ3) is 3.27. The van der Waals surface area contributed by atoms with Crippen molar-refractivity contribution in [3.8, 4) is 5.75 Å². The molecule has 0 bridgehead atoms. The Balaban J connectivity index is 2.21. The molecule has 0 fully saturated rings. The van der Waals surface area contributed by atoms with Crippen molar-refractivity contribution < 1.29 is 9.13 Å². The number of hydrazine groups is 1. The van der Waals surface area contributed by atoms with E-state index in [4.69, 9.17) is 10.6 Å². The maximum atomic E-state index is 13.7. The normalized spacial score (nSPS) is 12.2. The third-order valence-corrected chi connectivity index (χ3v) is 2.89. The van der Waals surface area contributed by atoms with Crippen LogP contribution in [-0.4, -0.2) is 12.1 Å². The van der Waals surface area contributed by atoms with Crippen molar-refractivity contribution in [2.24, 2.45) is 5.84 Å². The number of rotatable bonds is 5. The highest BCUT2D eigenvalue weighted by Crippen LogP contribution is 2.21. The molecule has 0 saturated carbocycles. The Labute approximate surface area is 111 Å². The number of hydrogen-bond donors (Lipinski definition) is 2. The number of nitrogens with one attached hydrogen (secondary N) is 1. The largest absolute Gasteiger partial charge is 0.497 e. The molecule has 0 aliphatic rings. The number of methoxy groups -OCH3 is 1. The zero-order valence-electron chi connectivity index (χ0n) is 10.6. The van der Waals surface area contributed by atoms with Crippen LogP contribution in [0.2, 0.25) is 0 Å². The summed E-state index contributed by atoms with van der Waals surface area (Å²) in [5.74, 6) is 5.90. The van der Waals surface area contributed by atoms with Crippen LogP contribution >= 0.6 is 0 Å². The van der Waals surface area contributed by atoms with Crippen LogP contribution in [0.25, 0.3) is 0 Å². The molecule has 100 valence electrons. The Morgan fingerprint density at radius 3 is 2.89 bits per heavy atom. The molecule has 1 heterocycles. The second-order valence-corrected chi connectivity index (χ2v) is 4.15. The minimum absolute atomic E-state index is 0.313. The first-order valence-corrected chi connectivity index (χ1v) is 5.94. The van der Waals surface area contributed by atoms with Crippen molar-refractivity contribution in [3.63, 3.8) is 0 Å². The molecule has 1 unspecified atom stereocenters. The van der Waals surface area contributed by atoms with E-state index in [9.17, 15) is 4.39 Å². The zero-order valence-corrected chi connectivity index (χ0v) is 10.6. The van der Waals surface area contributed by atoms with Gasteiger partial charge in [-0.1, -0.05) is 12.1 Å². The number of halogens is 1. The predicted octanol–water partition coefficient (Wildman–Crippen LogP) is 1.98. The lowest BCUT2D eigenvalue weighted by Gasteiger charge is -2.16. The lowest BCUT2D eigenvalue weighted by Crippen LogP contribution is -2.31. The van der Waals surface area contributed by atoms with E-state index < -0.39 is 0 Å². The van der Waals surface area contributed by atoms with E-state index in [2.05, 4.69) is 10.4 Å². The number of hydrogen-bond acceptors (Lipinski definition) is 4. The molecule has 0 aliphatic heterocycles. The van der Waals surface area contributed by atoms with Crippen LogP contribution in [0.3, 0.4) is 0 Å². The van der Waals surface area contributed by atoms with E-state index in [1.165, 1.54) is 6.07 Å². The number of benzene rings is 1. The third-order valence-electron chi connectivity index (χ3n) is 2.89. The molecule has 1 aromatic carbocycles. The van der Waals surface area contributed by atoms with Crippen molar-refractivity contribution in [2.45, 2.75) is 12.5 Å². The molecule has 3 N–H and O–H groups in total. The average molecular weight is 261 g/mol. The van der Waals surface area contributed by atoms with E-state index >= 15 is 0 Å². The Bertz CT molecular complexity index is 548. The van der Waals surface area contributed by atoms with Gasteiger partial charge in [-0.15, -0.1) is 0 Å². The maximum absolute atomic E-state index is 13.7. The van der Waals surface area contributed by atoms with Crippen LogP contribution < -0.4 is 16.0 Å². The van der Waals surface area contributed by atoms with Gasteiger partial charge in [-0.3, -0.25) is 16.3 Å². The lowest BCUT2D eigenvalue weighted by molar-refractivity contribution is 0.413. The van der Waals surface area contributed by atoms with E-state index in [0.717, 1.165) is 11.3 Å². The minimum Gasteiger partial charge on any atom is -0.497 e. The van der Waals surface area contributed by atoms with Crippen LogP contribution in [-0.2, 0) is 6.42 Å². The summed E-state index contributed by atoms with van der Waals surface area (Å²) in [6.07, 6.45) is 2.08. The van der Waals surface area contributed by atoms with Gasteiger partial charge in [0.25, 0.3) is 0 Å². The highest BCUT2D eigenvalue weighted by Gasteiger charge is 2.16. The first-order chi connectivity index (χ1) is 9.24. The molecule has 0 amide bonds. The summed E-state index contributed by atoms with van der Waals surface area (Å²) in [5, 5.41) is 0. The van der Waals surface area contributed by atoms with Crippen LogP contribution in [0, 0.1) is 5.82 Å². The van der Waals surface area contributed by atoms with Gasteiger partial charge in [-0.05, 0) is 36.2 Å². The van der Waals surface area contributed by atoms with Gasteiger partial charge in [0.15, 0.2) is 0 Å². The van der Waals surface area contributed by atoms with E-state index in [0.29, 0.717) is 12.1 Å². The second kappa shape index (κ2) is 6.26. The summed E-state index contributed by atoms with van der Waals surface area (Å²) in [4.78, 5) is 4.04. The molecule has 0 saturated heterocycles. The van der Waals surface area contributed by atoms with Gasteiger partial charge >= 0.3 is 0 Å². The molecular weight excluding hydrogens is 245 g/mol. The van der Waals surface area contributed by atoms with Gasteiger partial charge in [0.2, 0.25) is 0 Å². The van der Waals surface area contributed by atoms with E-state index in [1.54, 1.807) is 19.4 Å². The molecule has 5 heteroatoms. The monoisotopic (exact) mass is 261 g/mol. The average Bonchev–Trinajstić information content (AvgIpc) is 2.46. The smallest absolute Gasteiger partial charge is 0.146 e. The fourth-order valence-electron chi connectivity index (χ4n) is 1.92. The Kier molecular flexibility index (Phi) is 4.43. The molecule has 1 atom stereocenters. The van der Waals surface area contributed by atoms with Gasteiger partial charge in [-0.25, -0.2) is 4.39 Å². The van der Waals surface area contributed by atoms with Gasteiger partial charge in [0, 0.05) is 6.20 Å². The van der Waals surface area contributed by atoms with Crippen LogP contribution in [0.1, 0.15) is 17.3 Å². The molecular formula is C14H16FN3O. The van der Waals surface area contributed by atoms with Gasteiger partial charge in [0.05, 0.1) is 18.8 Å². The quantitative estimate of drug-likeness (QED) is 0.638. The van der Waals surface area contributed by atoms with Crippen molar-refractivity contribution in [1.82, 2.24) is 10.4 Å². The minimum atomic E-state index is -0.381. The standard InChI is InChI=1S/C14H16FN3O/c1-19-11-5-2-4-10(8-11)9-13(18-16)14-12(15)6-3-7-17-14/h2-8,13,18H,9,16H2,1H3. The summed E-state index contributed by atoms with van der Waals surface area (Å²) in [6, 6.07) is 10.1. The molecule has 0 spiro atoms. The summed E-state index contributed by atoms with van der Waals surface area (Å²) in [6.45, 7) is 0. The molecule has 2 aromatic rings. The maximum Gasteiger partial charge on any atom is 0.146 e. The molecule has 0 aliphatic carbocycles. The number of ether oxygens (including phenoxy) is 1. The first kappa shape index (κ1) is 13.5. The number of nitrogens with zero attached hydrogens (tertiary/aromatic N) is 1. The summed E-state index contributed by atoms with van der Waals surface area (Å²) in [7, 11) is 1.61. The molecule has 2 rings (SSSR count). The summed E-state index contributed by atoms with van der Waals surface area (Å²) in [5.41, 5.74) is 3.91. The molecule has 19 heavy (non-hydrogen) atoms. The fourth-order valence-corrected chi connectivity index (χ4v) is 1.92. The van der Waals surface area contributed by atoms with Crippen molar-refractivity contribution in [2.75, 3.05) is 7.11 Å². The van der Waals surface area contributed by atoms with Crippen LogP contribution in [0.4, 0.5) is 4.39 Å². The Morgan fingerprint density at radius 1 is 1.37 bits per heavy atom. The zero-order chi connectivity index (χ0) is 13.7. The Hall–Kier alpha value is -1.98. The van der Waals surface area contributed by atoms with Crippen molar-refractivity contribution in [3.05, 3.63) is 59.7 Å². The van der Waals surface area contributed by atoms with Gasteiger partial charge in [-0.2, -0.15) is 0 Å². The highest BCUT2D eigenvalue weighted by molar-refractivity contribution is 5.29. The number of aromatic nitrogens is 1. The highest BCUT2D eigenvalue weighted by atomic mass is 19.1. The van der Waals surface area contributed by atoms with Gasteiger partial charge < -0.3 is 4.74 Å². The predicted molar refractivity (Wildman–Crippen MR) is 71.0 cm³/mol. The van der Waals surface area contributed by atoms with Crippen molar-refractivity contribution >= 4 is 0 Å². The fraction of sp³-hybridized carbons (Fsp3) is 0.214. The SMILES string of the molecule is COc1cccc(CC(NN)c2ncccc2F)c1. The first-order valence-electron chi connectivity index (χ1n) is 5.94. The number of pyridine rings is 1. The summed E-state index contributed by atoms with van der Waals surface area (Å²) < 4.78 is 18.9. The summed E-state index contributed by atoms with van der Waals surface area (Å²) >= 11 is 0. The van der Waals surface area contributed by atoms with E-state index in [1.807, 2.05) is 24.3 Å². The second-order valence-electron chi connectivity index (χ2n) is 4.15. The van der Waals surface area contributed by atoms with Crippen LogP contribution in [0.15, 0.2) is 42.6 Å². The number of nitrogens with two attached hydrogens (primary N) is 1. The topological polar surface area (TPSA) is 60.2 Å². The molecule has 4 nitrogen and oxygen atoms in total. The van der Waals surface area contributed by atoms with Gasteiger partial charge in [0.1, 0.15) is 11.6 Å². The Morgan fingerprint density at radius 2 is 2.21 bits per heavy atom.